The monoisotopic (exact) mass is 168 g/mol. The third kappa shape index (κ3) is 1.83. The van der Waals surface area contributed by atoms with E-state index in [9.17, 15) is 0 Å². The van der Waals surface area contributed by atoms with Gasteiger partial charge in [0.05, 0.1) is 12.7 Å². The van der Waals surface area contributed by atoms with Crippen molar-refractivity contribution >= 4 is 7.12 Å². The molecule has 0 aromatic heterocycles. The third-order valence-electron chi connectivity index (χ3n) is 2.90. The Morgan fingerprint density at radius 2 is 1.92 bits per heavy atom. The highest BCUT2D eigenvalue weighted by molar-refractivity contribution is 6.47. The Kier molecular flexibility index (Phi) is 2.71. The van der Waals surface area contributed by atoms with E-state index in [2.05, 4.69) is 6.92 Å². The van der Waals surface area contributed by atoms with Gasteiger partial charge in [0.25, 0.3) is 0 Å². The third-order valence-corrected chi connectivity index (χ3v) is 2.90. The number of hydrogen-bond donors (Lipinski definition) is 0. The van der Waals surface area contributed by atoms with Gasteiger partial charge >= 0.3 is 7.12 Å². The van der Waals surface area contributed by atoms with E-state index in [-0.39, 0.29) is 7.12 Å². The molecule has 1 atom stereocenters. The molecule has 0 radical (unpaired) electrons. The molecule has 1 aliphatic heterocycles. The first-order valence-electron chi connectivity index (χ1n) is 5.13. The number of rotatable bonds is 1. The zero-order chi connectivity index (χ0) is 8.39. The second-order valence-corrected chi connectivity index (χ2v) is 4.05. The molecule has 2 rings (SSSR count). The summed E-state index contributed by atoms with van der Waals surface area (Å²) in [5, 5.41) is 0. The minimum absolute atomic E-state index is 0.125. The van der Waals surface area contributed by atoms with Gasteiger partial charge in [0, 0.05) is 0 Å². The summed E-state index contributed by atoms with van der Waals surface area (Å²) in [4.78, 5) is 0. The Labute approximate surface area is 74.8 Å². The van der Waals surface area contributed by atoms with Crippen molar-refractivity contribution in [1.82, 2.24) is 0 Å². The molecule has 1 heterocycles. The van der Waals surface area contributed by atoms with Gasteiger partial charge in [-0.1, -0.05) is 32.1 Å². The van der Waals surface area contributed by atoms with E-state index in [0.29, 0.717) is 11.9 Å². The van der Waals surface area contributed by atoms with Gasteiger partial charge in [0.2, 0.25) is 0 Å². The number of hydrogen-bond acceptors (Lipinski definition) is 2. The van der Waals surface area contributed by atoms with Crippen molar-refractivity contribution in [2.24, 2.45) is 0 Å². The molecule has 1 saturated heterocycles. The van der Waals surface area contributed by atoms with Crippen molar-refractivity contribution in [2.45, 2.75) is 50.9 Å². The fourth-order valence-corrected chi connectivity index (χ4v) is 2.19. The summed E-state index contributed by atoms with van der Waals surface area (Å²) in [7, 11) is 0.125. The van der Waals surface area contributed by atoms with Crippen LogP contribution in [-0.2, 0) is 9.31 Å². The molecule has 68 valence electrons. The van der Waals surface area contributed by atoms with Gasteiger partial charge in [-0.25, -0.2) is 0 Å². The second kappa shape index (κ2) is 3.80. The molecule has 2 nitrogen and oxygen atoms in total. The van der Waals surface area contributed by atoms with Gasteiger partial charge < -0.3 is 9.31 Å². The van der Waals surface area contributed by atoms with Crippen LogP contribution in [0.25, 0.3) is 0 Å². The van der Waals surface area contributed by atoms with E-state index in [0.717, 1.165) is 6.61 Å². The first-order chi connectivity index (χ1) is 5.86. The van der Waals surface area contributed by atoms with Gasteiger partial charge in [-0.3, -0.25) is 0 Å². The fraction of sp³-hybridized carbons (Fsp3) is 1.00. The first-order valence-corrected chi connectivity index (χ1v) is 5.13. The summed E-state index contributed by atoms with van der Waals surface area (Å²) in [6.45, 7) is 2.88. The zero-order valence-corrected chi connectivity index (χ0v) is 7.79. The van der Waals surface area contributed by atoms with Crippen LogP contribution in [0.4, 0.5) is 0 Å². The van der Waals surface area contributed by atoms with E-state index in [1.54, 1.807) is 0 Å². The minimum Gasteiger partial charge on any atom is -0.408 e. The second-order valence-electron chi connectivity index (χ2n) is 4.05. The van der Waals surface area contributed by atoms with Crippen LogP contribution in [0, 0.1) is 0 Å². The summed E-state index contributed by atoms with van der Waals surface area (Å²) in [6.07, 6.45) is 7.05. The first kappa shape index (κ1) is 8.58. The molecule has 1 saturated carbocycles. The van der Waals surface area contributed by atoms with Crippen molar-refractivity contribution in [3.63, 3.8) is 0 Å². The lowest BCUT2D eigenvalue weighted by atomic mass is 9.65. The van der Waals surface area contributed by atoms with Crippen LogP contribution < -0.4 is 0 Å². The Morgan fingerprint density at radius 3 is 2.50 bits per heavy atom. The van der Waals surface area contributed by atoms with Crippen molar-refractivity contribution in [3.8, 4) is 0 Å². The molecule has 0 aromatic rings. The highest BCUT2D eigenvalue weighted by atomic mass is 16.6. The van der Waals surface area contributed by atoms with Crippen LogP contribution in [0.1, 0.15) is 39.0 Å². The maximum Gasteiger partial charge on any atom is 0.460 e. The Bertz CT molecular complexity index is 143. The van der Waals surface area contributed by atoms with Crippen molar-refractivity contribution in [2.75, 3.05) is 6.61 Å². The minimum atomic E-state index is 0.125. The summed E-state index contributed by atoms with van der Waals surface area (Å²) < 4.78 is 11.3. The molecular formula is C9H17BO2. The van der Waals surface area contributed by atoms with Gasteiger partial charge in [-0.15, -0.1) is 0 Å². The molecule has 2 fully saturated rings. The molecular weight excluding hydrogens is 151 g/mol. The van der Waals surface area contributed by atoms with Crippen LogP contribution >= 0.6 is 0 Å². The van der Waals surface area contributed by atoms with Crippen molar-refractivity contribution in [3.05, 3.63) is 0 Å². The van der Waals surface area contributed by atoms with E-state index >= 15 is 0 Å². The SMILES string of the molecule is CC1COB(C2CCCCC2)O1. The molecule has 1 aliphatic carbocycles. The van der Waals surface area contributed by atoms with Gasteiger partial charge in [0.15, 0.2) is 0 Å². The molecule has 0 spiro atoms. The molecule has 0 N–H and O–H groups in total. The maximum atomic E-state index is 5.68. The molecule has 0 bridgehead atoms. The van der Waals surface area contributed by atoms with E-state index in [4.69, 9.17) is 9.31 Å². The lowest BCUT2D eigenvalue weighted by Crippen LogP contribution is -2.24. The highest BCUT2D eigenvalue weighted by Gasteiger charge is 2.36. The van der Waals surface area contributed by atoms with Crippen LogP contribution in [0.3, 0.4) is 0 Å². The standard InChI is InChI=1S/C9H17BO2/c1-8-7-11-10(12-8)9-5-3-2-4-6-9/h8-9H,2-7H2,1H3. The van der Waals surface area contributed by atoms with Crippen molar-refractivity contribution < 1.29 is 9.31 Å². The van der Waals surface area contributed by atoms with E-state index < -0.39 is 0 Å². The van der Waals surface area contributed by atoms with Crippen LogP contribution in [-0.4, -0.2) is 19.8 Å². The van der Waals surface area contributed by atoms with Crippen molar-refractivity contribution in [1.29, 1.82) is 0 Å². The van der Waals surface area contributed by atoms with Crippen LogP contribution in [0.15, 0.2) is 0 Å². The Hall–Kier alpha value is -0.0151. The Morgan fingerprint density at radius 1 is 1.17 bits per heavy atom. The van der Waals surface area contributed by atoms with Crippen LogP contribution in [0.2, 0.25) is 5.82 Å². The molecule has 1 unspecified atom stereocenters. The van der Waals surface area contributed by atoms with Gasteiger partial charge in [-0.05, 0) is 12.7 Å². The maximum absolute atomic E-state index is 5.68. The van der Waals surface area contributed by atoms with Gasteiger partial charge in [0.1, 0.15) is 0 Å². The largest absolute Gasteiger partial charge is 0.460 e. The average molecular weight is 168 g/mol. The van der Waals surface area contributed by atoms with Crippen LogP contribution in [0.5, 0.6) is 0 Å². The van der Waals surface area contributed by atoms with Gasteiger partial charge in [-0.2, -0.15) is 0 Å². The fourth-order valence-electron chi connectivity index (χ4n) is 2.19. The predicted octanol–water partition coefficient (Wildman–Crippen LogP) is 2.24. The van der Waals surface area contributed by atoms with E-state index in [1.165, 1.54) is 32.1 Å². The summed E-state index contributed by atoms with van der Waals surface area (Å²) in [5.74, 6) is 0.684. The van der Waals surface area contributed by atoms with E-state index in [1.807, 2.05) is 0 Å². The average Bonchev–Trinajstić information content (AvgIpc) is 2.54. The lowest BCUT2D eigenvalue weighted by Gasteiger charge is -2.22. The summed E-state index contributed by atoms with van der Waals surface area (Å²) >= 11 is 0. The predicted molar refractivity (Wildman–Crippen MR) is 49.1 cm³/mol. The summed E-state index contributed by atoms with van der Waals surface area (Å²) in [5.41, 5.74) is 0. The molecule has 12 heavy (non-hydrogen) atoms. The normalized spacial score (nSPS) is 32.8. The molecule has 3 heteroatoms. The Balaban J connectivity index is 1.83. The molecule has 0 aromatic carbocycles. The lowest BCUT2D eigenvalue weighted by molar-refractivity contribution is 0.252. The molecule has 2 aliphatic rings. The smallest absolute Gasteiger partial charge is 0.408 e. The zero-order valence-electron chi connectivity index (χ0n) is 7.79. The summed E-state index contributed by atoms with van der Waals surface area (Å²) in [6, 6.07) is 0. The molecule has 0 amide bonds. The highest BCUT2D eigenvalue weighted by Crippen LogP contribution is 2.33. The quantitative estimate of drug-likeness (QED) is 0.559. The topological polar surface area (TPSA) is 18.5 Å².